The molecule has 4 heteroatoms. The van der Waals surface area contributed by atoms with Crippen LogP contribution in [-0.2, 0) is 16.5 Å². The first kappa shape index (κ1) is 12.8. The van der Waals surface area contributed by atoms with Crippen LogP contribution in [0.3, 0.4) is 0 Å². The Hall–Kier alpha value is -1.65. The van der Waals surface area contributed by atoms with E-state index in [1.54, 1.807) is 6.07 Å². The van der Waals surface area contributed by atoms with E-state index in [0.717, 1.165) is 16.7 Å². The Morgan fingerprint density at radius 2 is 1.72 bits per heavy atom. The Balaban J connectivity index is 2.39. The lowest BCUT2D eigenvalue weighted by Crippen LogP contribution is -2.01. The summed E-state index contributed by atoms with van der Waals surface area (Å²) in [5.74, 6) is 0. The predicted molar refractivity (Wildman–Crippen MR) is 70.2 cm³/mol. The fourth-order valence-electron chi connectivity index (χ4n) is 1.81. The number of aryl methyl sites for hydroxylation is 1. The summed E-state index contributed by atoms with van der Waals surface area (Å²) in [4.78, 5) is -0.0565. The van der Waals surface area contributed by atoms with Gasteiger partial charge in [-0.2, -0.15) is 8.42 Å². The van der Waals surface area contributed by atoms with Crippen molar-refractivity contribution in [2.75, 3.05) is 0 Å². The van der Waals surface area contributed by atoms with E-state index in [0.29, 0.717) is 6.42 Å². The van der Waals surface area contributed by atoms with Crippen LogP contribution < -0.4 is 0 Å². The van der Waals surface area contributed by atoms with E-state index in [1.165, 1.54) is 12.1 Å². The molecule has 2 aromatic rings. The van der Waals surface area contributed by atoms with Crippen molar-refractivity contribution in [1.29, 1.82) is 0 Å². The van der Waals surface area contributed by atoms with Crippen LogP contribution in [0.25, 0.3) is 0 Å². The second-order valence-electron chi connectivity index (χ2n) is 4.23. The van der Waals surface area contributed by atoms with Gasteiger partial charge < -0.3 is 0 Å². The molecule has 0 unspecified atom stereocenters. The molecule has 0 aliphatic carbocycles. The minimum absolute atomic E-state index is 0.0565. The average molecular weight is 262 g/mol. The lowest BCUT2D eigenvalue weighted by Gasteiger charge is -2.07. The zero-order valence-electron chi connectivity index (χ0n) is 10.00. The van der Waals surface area contributed by atoms with Crippen molar-refractivity contribution in [1.82, 2.24) is 0 Å². The summed E-state index contributed by atoms with van der Waals surface area (Å²) in [6.07, 6.45) is 0.649. The molecule has 0 saturated carbocycles. The molecular formula is C14H14O3S. The summed E-state index contributed by atoms with van der Waals surface area (Å²) in [7, 11) is -4.13. The number of benzene rings is 2. The quantitative estimate of drug-likeness (QED) is 0.865. The lowest BCUT2D eigenvalue weighted by molar-refractivity contribution is 0.483. The van der Waals surface area contributed by atoms with Crippen molar-refractivity contribution >= 4 is 10.1 Å². The summed E-state index contributed by atoms with van der Waals surface area (Å²) < 4.78 is 31.3. The van der Waals surface area contributed by atoms with Crippen LogP contribution >= 0.6 is 0 Å². The largest absolute Gasteiger partial charge is 0.294 e. The SMILES string of the molecule is Cc1ccc(S(=O)(=O)O)cc1Cc1ccccc1. The second-order valence-corrected chi connectivity index (χ2v) is 5.65. The highest BCUT2D eigenvalue weighted by molar-refractivity contribution is 7.85. The van der Waals surface area contributed by atoms with E-state index in [9.17, 15) is 8.42 Å². The van der Waals surface area contributed by atoms with E-state index < -0.39 is 10.1 Å². The van der Waals surface area contributed by atoms with Gasteiger partial charge in [0.2, 0.25) is 0 Å². The Morgan fingerprint density at radius 3 is 2.33 bits per heavy atom. The van der Waals surface area contributed by atoms with Gasteiger partial charge in [0.1, 0.15) is 0 Å². The van der Waals surface area contributed by atoms with Crippen LogP contribution in [0.4, 0.5) is 0 Å². The van der Waals surface area contributed by atoms with Crippen LogP contribution in [0.5, 0.6) is 0 Å². The Morgan fingerprint density at radius 1 is 1.06 bits per heavy atom. The van der Waals surface area contributed by atoms with Crippen molar-refractivity contribution < 1.29 is 13.0 Å². The lowest BCUT2D eigenvalue weighted by atomic mass is 10.0. The monoisotopic (exact) mass is 262 g/mol. The average Bonchev–Trinajstić information content (AvgIpc) is 2.32. The van der Waals surface area contributed by atoms with Gasteiger partial charge in [-0.15, -0.1) is 0 Å². The Labute approximate surface area is 107 Å². The van der Waals surface area contributed by atoms with Crippen molar-refractivity contribution in [3.05, 3.63) is 65.2 Å². The molecule has 0 spiro atoms. The maximum atomic E-state index is 11.1. The molecule has 0 saturated heterocycles. The molecule has 0 aromatic heterocycles. The van der Waals surface area contributed by atoms with Crippen LogP contribution in [-0.4, -0.2) is 13.0 Å². The molecule has 18 heavy (non-hydrogen) atoms. The minimum Gasteiger partial charge on any atom is -0.282 e. The molecule has 0 amide bonds. The molecular weight excluding hydrogens is 248 g/mol. The van der Waals surface area contributed by atoms with Gasteiger partial charge in [-0.1, -0.05) is 36.4 Å². The Kier molecular flexibility index (Phi) is 3.50. The first-order valence-electron chi connectivity index (χ1n) is 5.58. The molecule has 0 atom stereocenters. The molecule has 0 bridgehead atoms. The first-order valence-corrected chi connectivity index (χ1v) is 7.02. The highest BCUT2D eigenvalue weighted by atomic mass is 32.2. The highest BCUT2D eigenvalue weighted by Crippen LogP contribution is 2.18. The van der Waals surface area contributed by atoms with Crippen molar-refractivity contribution in [2.45, 2.75) is 18.2 Å². The maximum Gasteiger partial charge on any atom is 0.294 e. The smallest absolute Gasteiger partial charge is 0.282 e. The third kappa shape index (κ3) is 2.97. The molecule has 2 aromatic carbocycles. The number of hydrogen-bond donors (Lipinski definition) is 1. The normalized spacial score (nSPS) is 11.4. The summed E-state index contributed by atoms with van der Waals surface area (Å²) in [6.45, 7) is 1.92. The van der Waals surface area contributed by atoms with Gasteiger partial charge in [-0.3, -0.25) is 4.55 Å². The predicted octanol–water partition coefficient (Wildman–Crippen LogP) is 2.83. The molecule has 0 fully saturated rings. The fraction of sp³-hybridized carbons (Fsp3) is 0.143. The van der Waals surface area contributed by atoms with Gasteiger partial charge in [0, 0.05) is 0 Å². The zero-order valence-corrected chi connectivity index (χ0v) is 10.8. The van der Waals surface area contributed by atoms with Crippen molar-refractivity contribution in [2.24, 2.45) is 0 Å². The van der Waals surface area contributed by atoms with Crippen LogP contribution in [0.1, 0.15) is 16.7 Å². The third-order valence-corrected chi connectivity index (χ3v) is 3.71. The second kappa shape index (κ2) is 4.92. The number of rotatable bonds is 3. The van der Waals surface area contributed by atoms with Crippen molar-refractivity contribution in [3.8, 4) is 0 Å². The number of hydrogen-bond acceptors (Lipinski definition) is 2. The molecule has 0 radical (unpaired) electrons. The van der Waals surface area contributed by atoms with Gasteiger partial charge in [0.25, 0.3) is 10.1 Å². The van der Waals surface area contributed by atoms with Crippen LogP contribution in [0.15, 0.2) is 53.4 Å². The summed E-state index contributed by atoms with van der Waals surface area (Å²) in [5.41, 5.74) is 3.01. The topological polar surface area (TPSA) is 54.4 Å². The molecule has 1 N–H and O–H groups in total. The molecule has 0 heterocycles. The summed E-state index contributed by atoms with van der Waals surface area (Å²) in [5, 5.41) is 0. The molecule has 94 valence electrons. The van der Waals surface area contributed by atoms with E-state index >= 15 is 0 Å². The summed E-state index contributed by atoms with van der Waals surface area (Å²) in [6, 6.07) is 14.4. The molecule has 0 aliphatic rings. The van der Waals surface area contributed by atoms with E-state index in [4.69, 9.17) is 4.55 Å². The molecule has 3 nitrogen and oxygen atoms in total. The third-order valence-electron chi connectivity index (χ3n) is 2.86. The molecule has 2 rings (SSSR count). The fourth-order valence-corrected chi connectivity index (χ4v) is 2.35. The van der Waals surface area contributed by atoms with Crippen molar-refractivity contribution in [3.63, 3.8) is 0 Å². The minimum atomic E-state index is -4.13. The van der Waals surface area contributed by atoms with Gasteiger partial charge in [-0.25, -0.2) is 0 Å². The standard InChI is InChI=1S/C14H14O3S/c1-11-7-8-14(18(15,16)17)10-13(11)9-12-5-3-2-4-6-12/h2-8,10H,9H2,1H3,(H,15,16,17). The Bertz CT molecular complexity index is 646. The first-order chi connectivity index (χ1) is 8.47. The van der Waals surface area contributed by atoms with Gasteiger partial charge in [0.15, 0.2) is 0 Å². The maximum absolute atomic E-state index is 11.1. The highest BCUT2D eigenvalue weighted by Gasteiger charge is 2.11. The van der Waals surface area contributed by atoms with E-state index in [1.807, 2.05) is 37.3 Å². The van der Waals surface area contributed by atoms with E-state index in [-0.39, 0.29) is 4.90 Å². The van der Waals surface area contributed by atoms with Gasteiger partial charge in [0.05, 0.1) is 4.90 Å². The van der Waals surface area contributed by atoms with Crippen LogP contribution in [0.2, 0.25) is 0 Å². The zero-order chi connectivity index (χ0) is 13.2. The van der Waals surface area contributed by atoms with Gasteiger partial charge in [-0.05, 0) is 42.2 Å². The molecule has 0 aliphatic heterocycles. The van der Waals surface area contributed by atoms with Crippen LogP contribution in [0, 0.1) is 6.92 Å². The van der Waals surface area contributed by atoms with E-state index in [2.05, 4.69) is 0 Å². The summed E-state index contributed by atoms with van der Waals surface area (Å²) >= 11 is 0. The van der Waals surface area contributed by atoms with Gasteiger partial charge >= 0.3 is 0 Å².